The maximum absolute atomic E-state index is 5.94. The van der Waals surface area contributed by atoms with Gasteiger partial charge in [0.1, 0.15) is 12.4 Å². The number of benzene rings is 1. The molecule has 122 valence electrons. The van der Waals surface area contributed by atoms with Gasteiger partial charge in [0.2, 0.25) is 4.96 Å². The lowest BCUT2D eigenvalue weighted by Crippen LogP contribution is -2.00. The number of nitrogens with zero attached hydrogens (tertiary/aromatic N) is 4. The van der Waals surface area contributed by atoms with E-state index in [-0.39, 0.29) is 0 Å². The first kappa shape index (κ1) is 17.2. The van der Waals surface area contributed by atoms with Gasteiger partial charge in [-0.05, 0) is 46.3 Å². The van der Waals surface area contributed by atoms with E-state index in [1.807, 2.05) is 23.6 Å². The largest absolute Gasteiger partial charge is 0.485 e. The molecule has 3 aromatic rings. The number of aryl methyl sites for hydroxylation is 1. The molecule has 2 heterocycles. The van der Waals surface area contributed by atoms with E-state index in [0.717, 1.165) is 47.6 Å². The Bertz CT molecular complexity index is 810. The standard InChI is InChI=1S/C14H14Br2N4OS2/c1-3-22-7-11-17-18-14-20(11)19-12(23-14)6-21-13-8(2)4-9(15)5-10(13)16/h4-5H,3,6-7H2,1-2H3. The fourth-order valence-electron chi connectivity index (χ4n) is 2.04. The van der Waals surface area contributed by atoms with Crippen molar-refractivity contribution in [2.75, 3.05) is 5.75 Å². The lowest BCUT2D eigenvalue weighted by molar-refractivity contribution is 0.300. The highest BCUT2D eigenvalue weighted by atomic mass is 79.9. The molecule has 0 fully saturated rings. The summed E-state index contributed by atoms with van der Waals surface area (Å²) in [5.74, 6) is 3.58. The predicted octanol–water partition coefficient (Wildman–Crippen LogP) is 4.85. The first-order chi connectivity index (χ1) is 11.1. The van der Waals surface area contributed by atoms with E-state index < -0.39 is 0 Å². The van der Waals surface area contributed by atoms with Crippen LogP contribution in [-0.4, -0.2) is 25.6 Å². The van der Waals surface area contributed by atoms with E-state index in [9.17, 15) is 0 Å². The van der Waals surface area contributed by atoms with Crippen LogP contribution in [-0.2, 0) is 12.4 Å². The molecule has 0 amide bonds. The Kier molecular flexibility index (Phi) is 5.61. The van der Waals surface area contributed by atoms with E-state index in [0.29, 0.717) is 6.61 Å². The zero-order valence-electron chi connectivity index (χ0n) is 12.5. The van der Waals surface area contributed by atoms with Crippen LogP contribution >= 0.6 is 55.0 Å². The zero-order chi connectivity index (χ0) is 16.4. The fraction of sp³-hybridized carbons (Fsp3) is 0.357. The zero-order valence-corrected chi connectivity index (χ0v) is 17.4. The van der Waals surface area contributed by atoms with Crippen molar-refractivity contribution in [2.24, 2.45) is 0 Å². The third-order valence-electron chi connectivity index (χ3n) is 3.07. The number of halogens is 2. The summed E-state index contributed by atoms with van der Waals surface area (Å²) in [6.45, 7) is 4.56. The number of aromatic nitrogens is 4. The second kappa shape index (κ2) is 7.50. The van der Waals surface area contributed by atoms with Crippen LogP contribution in [0.1, 0.15) is 23.3 Å². The molecule has 0 aliphatic carbocycles. The van der Waals surface area contributed by atoms with Gasteiger partial charge in [0.25, 0.3) is 0 Å². The number of hydrogen-bond acceptors (Lipinski definition) is 6. The van der Waals surface area contributed by atoms with Crippen molar-refractivity contribution in [2.45, 2.75) is 26.2 Å². The molecule has 23 heavy (non-hydrogen) atoms. The van der Waals surface area contributed by atoms with Gasteiger partial charge in [-0.1, -0.05) is 34.2 Å². The third kappa shape index (κ3) is 3.89. The average molecular weight is 478 g/mol. The number of ether oxygens (including phenoxy) is 1. The second-order valence-corrected chi connectivity index (χ2v) is 8.85. The quantitative estimate of drug-likeness (QED) is 0.507. The van der Waals surface area contributed by atoms with Crippen molar-refractivity contribution in [3.8, 4) is 5.75 Å². The molecule has 5 nitrogen and oxygen atoms in total. The van der Waals surface area contributed by atoms with Crippen LogP contribution in [0.3, 0.4) is 0 Å². The SMILES string of the molecule is CCSCc1nnc2sc(COc3c(C)cc(Br)cc3Br)nn12. The number of fused-ring (bicyclic) bond motifs is 1. The van der Waals surface area contributed by atoms with Crippen LogP contribution in [0.5, 0.6) is 5.75 Å². The summed E-state index contributed by atoms with van der Waals surface area (Å²) in [5, 5.41) is 13.8. The van der Waals surface area contributed by atoms with Gasteiger partial charge in [0, 0.05) is 4.47 Å². The molecule has 0 N–H and O–H groups in total. The highest BCUT2D eigenvalue weighted by Crippen LogP contribution is 2.33. The van der Waals surface area contributed by atoms with Gasteiger partial charge in [-0.15, -0.1) is 10.2 Å². The number of rotatable bonds is 6. The summed E-state index contributed by atoms with van der Waals surface area (Å²) in [5.41, 5.74) is 1.06. The molecule has 0 radical (unpaired) electrons. The van der Waals surface area contributed by atoms with Crippen molar-refractivity contribution in [3.63, 3.8) is 0 Å². The molecule has 0 spiro atoms. The van der Waals surface area contributed by atoms with Crippen molar-refractivity contribution in [3.05, 3.63) is 37.5 Å². The number of thioether (sulfide) groups is 1. The third-order valence-corrected chi connectivity index (χ3v) is 5.86. The Morgan fingerprint density at radius 3 is 2.87 bits per heavy atom. The Morgan fingerprint density at radius 1 is 1.30 bits per heavy atom. The lowest BCUT2D eigenvalue weighted by atomic mass is 10.2. The molecule has 0 unspecified atom stereocenters. The number of hydrogen-bond donors (Lipinski definition) is 0. The molecule has 9 heteroatoms. The van der Waals surface area contributed by atoms with Crippen LogP contribution in [0.25, 0.3) is 4.96 Å². The van der Waals surface area contributed by atoms with Crippen LogP contribution in [0.4, 0.5) is 0 Å². The van der Waals surface area contributed by atoms with Crippen molar-refractivity contribution >= 4 is 59.9 Å². The normalized spacial score (nSPS) is 11.3. The lowest BCUT2D eigenvalue weighted by Gasteiger charge is -2.10. The van der Waals surface area contributed by atoms with Crippen molar-refractivity contribution in [1.29, 1.82) is 0 Å². The van der Waals surface area contributed by atoms with Gasteiger partial charge in [0.15, 0.2) is 10.8 Å². The van der Waals surface area contributed by atoms with Gasteiger partial charge in [-0.2, -0.15) is 21.4 Å². The monoisotopic (exact) mass is 476 g/mol. The highest BCUT2D eigenvalue weighted by molar-refractivity contribution is 9.11. The van der Waals surface area contributed by atoms with Gasteiger partial charge >= 0.3 is 0 Å². The Labute approximate surface area is 159 Å². The predicted molar refractivity (Wildman–Crippen MR) is 101 cm³/mol. The van der Waals surface area contributed by atoms with Gasteiger partial charge in [0.05, 0.1) is 10.2 Å². The summed E-state index contributed by atoms with van der Waals surface area (Å²) in [6, 6.07) is 4.00. The maximum atomic E-state index is 5.94. The van der Waals surface area contributed by atoms with Crippen molar-refractivity contribution in [1.82, 2.24) is 19.8 Å². The molecular weight excluding hydrogens is 464 g/mol. The molecule has 0 aliphatic rings. The first-order valence-corrected chi connectivity index (χ1v) is 10.5. The van der Waals surface area contributed by atoms with E-state index >= 15 is 0 Å². The van der Waals surface area contributed by atoms with Crippen LogP contribution in [0.15, 0.2) is 21.1 Å². The van der Waals surface area contributed by atoms with Crippen molar-refractivity contribution < 1.29 is 4.74 Å². The van der Waals surface area contributed by atoms with Crippen LogP contribution in [0.2, 0.25) is 0 Å². The van der Waals surface area contributed by atoms with Gasteiger partial charge in [-0.25, -0.2) is 0 Å². The maximum Gasteiger partial charge on any atom is 0.234 e. The summed E-state index contributed by atoms with van der Waals surface area (Å²) in [6.07, 6.45) is 0. The molecule has 0 aliphatic heterocycles. The van der Waals surface area contributed by atoms with Gasteiger partial charge in [-0.3, -0.25) is 0 Å². The van der Waals surface area contributed by atoms with Crippen LogP contribution < -0.4 is 4.74 Å². The smallest absolute Gasteiger partial charge is 0.234 e. The van der Waals surface area contributed by atoms with Gasteiger partial charge < -0.3 is 4.74 Å². The summed E-state index contributed by atoms with van der Waals surface area (Å²) in [4.78, 5) is 0.807. The molecule has 0 bridgehead atoms. The molecule has 2 aromatic heterocycles. The minimum atomic E-state index is 0.412. The Morgan fingerprint density at radius 2 is 2.13 bits per heavy atom. The highest BCUT2D eigenvalue weighted by Gasteiger charge is 2.13. The molecule has 0 saturated heterocycles. The van der Waals surface area contributed by atoms with E-state index in [2.05, 4.69) is 54.1 Å². The minimum absolute atomic E-state index is 0.412. The fourth-order valence-corrected chi connectivity index (χ4v) is 4.93. The summed E-state index contributed by atoms with van der Waals surface area (Å²) >= 11 is 10.3. The molecule has 3 rings (SSSR count). The van der Waals surface area contributed by atoms with Crippen LogP contribution in [0, 0.1) is 6.92 Å². The first-order valence-electron chi connectivity index (χ1n) is 6.94. The second-order valence-electron chi connectivity index (χ2n) is 4.77. The van der Waals surface area contributed by atoms with E-state index in [4.69, 9.17) is 4.74 Å². The summed E-state index contributed by atoms with van der Waals surface area (Å²) < 4.78 is 9.70. The minimum Gasteiger partial charge on any atom is -0.485 e. The average Bonchev–Trinajstić information content (AvgIpc) is 3.04. The topological polar surface area (TPSA) is 52.3 Å². The molecular formula is C14H14Br2N4OS2. The Balaban J connectivity index is 1.76. The Hall–Kier alpha value is -0.640. The van der Waals surface area contributed by atoms with E-state index in [1.165, 1.54) is 11.3 Å². The molecule has 1 aromatic carbocycles. The van der Waals surface area contributed by atoms with E-state index in [1.54, 1.807) is 11.8 Å². The molecule has 0 saturated carbocycles. The summed E-state index contributed by atoms with van der Waals surface area (Å²) in [7, 11) is 0. The molecule has 0 atom stereocenters.